The topological polar surface area (TPSA) is 78.6 Å². The minimum Gasteiger partial charge on any atom is -0.390 e. The molecular weight excluding hydrogens is 290 g/mol. The van der Waals surface area contributed by atoms with Crippen LogP contribution in [-0.2, 0) is 11.2 Å². The van der Waals surface area contributed by atoms with E-state index in [4.69, 9.17) is 5.73 Å². The number of carbonyl (C=O) groups is 1. The van der Waals surface area contributed by atoms with E-state index in [0.29, 0.717) is 31.8 Å². The van der Waals surface area contributed by atoms with Crippen LogP contribution < -0.4 is 11.2 Å². The van der Waals surface area contributed by atoms with Crippen LogP contribution in [0.2, 0.25) is 0 Å². The molecule has 5 heteroatoms. The number of likely N-dealkylation sites (N-methyl/N-ethyl adjacent to an activating group) is 1. The Balaban J connectivity index is 2.42. The number of nitrogens with one attached hydrogen (secondary N) is 1. The Kier molecular flexibility index (Phi) is 8.84. The van der Waals surface area contributed by atoms with Crippen LogP contribution in [0.5, 0.6) is 0 Å². The fourth-order valence-electron chi connectivity index (χ4n) is 2.29. The third kappa shape index (κ3) is 8.11. The molecule has 0 spiro atoms. The number of aliphatic hydroxyl groups excluding tert-OH is 1. The standard InChI is InChI=1S/C18H31N3O2/c1-4-21(20-18(23)11-10-14(2)3)13-17(22)16(19)12-15-8-6-5-7-9-15/h5-9,14,16-17,22H,4,10-13,19H2,1-3H3,(H,20,23). The van der Waals surface area contributed by atoms with Gasteiger partial charge in [0.05, 0.1) is 6.10 Å². The van der Waals surface area contributed by atoms with Crippen LogP contribution in [0.4, 0.5) is 0 Å². The van der Waals surface area contributed by atoms with Crippen molar-refractivity contribution in [2.75, 3.05) is 13.1 Å². The second-order valence-electron chi connectivity index (χ2n) is 6.43. The van der Waals surface area contributed by atoms with Gasteiger partial charge in [-0.3, -0.25) is 10.2 Å². The highest BCUT2D eigenvalue weighted by molar-refractivity contribution is 5.75. The molecule has 0 radical (unpaired) electrons. The third-order valence-corrected chi connectivity index (χ3v) is 3.83. The molecule has 2 atom stereocenters. The zero-order valence-corrected chi connectivity index (χ0v) is 14.5. The fraction of sp³-hybridized carbons (Fsp3) is 0.611. The van der Waals surface area contributed by atoms with Crippen molar-refractivity contribution >= 4 is 5.91 Å². The van der Waals surface area contributed by atoms with E-state index in [0.717, 1.165) is 12.0 Å². The Morgan fingerprint density at radius 1 is 1.30 bits per heavy atom. The second-order valence-corrected chi connectivity index (χ2v) is 6.43. The van der Waals surface area contributed by atoms with Crippen molar-refractivity contribution in [3.63, 3.8) is 0 Å². The Morgan fingerprint density at radius 2 is 1.96 bits per heavy atom. The maximum atomic E-state index is 11.9. The van der Waals surface area contributed by atoms with Crippen LogP contribution in [-0.4, -0.2) is 41.3 Å². The molecule has 23 heavy (non-hydrogen) atoms. The summed E-state index contributed by atoms with van der Waals surface area (Å²) >= 11 is 0. The molecule has 0 fully saturated rings. The first-order chi connectivity index (χ1) is 10.9. The number of rotatable bonds is 10. The maximum absolute atomic E-state index is 11.9. The highest BCUT2D eigenvalue weighted by Crippen LogP contribution is 2.06. The molecule has 0 saturated carbocycles. The first-order valence-corrected chi connectivity index (χ1v) is 8.44. The monoisotopic (exact) mass is 321 g/mol. The zero-order chi connectivity index (χ0) is 17.2. The SMILES string of the molecule is CCN(CC(O)C(N)Cc1ccccc1)NC(=O)CCC(C)C. The molecule has 5 nitrogen and oxygen atoms in total. The molecule has 4 N–H and O–H groups in total. The summed E-state index contributed by atoms with van der Waals surface area (Å²) in [5.41, 5.74) is 10.0. The van der Waals surface area contributed by atoms with Gasteiger partial charge in [0, 0.05) is 25.6 Å². The van der Waals surface area contributed by atoms with Gasteiger partial charge in [-0.15, -0.1) is 0 Å². The van der Waals surface area contributed by atoms with Crippen molar-refractivity contribution in [3.05, 3.63) is 35.9 Å². The van der Waals surface area contributed by atoms with Gasteiger partial charge in [-0.05, 0) is 24.3 Å². The summed E-state index contributed by atoms with van der Waals surface area (Å²) in [7, 11) is 0. The Labute approximate surface area is 139 Å². The van der Waals surface area contributed by atoms with E-state index in [9.17, 15) is 9.90 Å². The van der Waals surface area contributed by atoms with Crippen molar-refractivity contribution in [2.45, 2.75) is 52.2 Å². The molecule has 0 aromatic heterocycles. The molecule has 0 saturated heterocycles. The van der Waals surface area contributed by atoms with Gasteiger partial charge in [-0.2, -0.15) is 0 Å². The molecule has 1 rings (SSSR count). The summed E-state index contributed by atoms with van der Waals surface area (Å²) in [4.78, 5) is 11.9. The molecule has 0 bridgehead atoms. The molecule has 1 amide bonds. The number of nitrogens with zero attached hydrogens (tertiary/aromatic N) is 1. The lowest BCUT2D eigenvalue weighted by Gasteiger charge is -2.27. The van der Waals surface area contributed by atoms with Gasteiger partial charge in [-0.1, -0.05) is 51.1 Å². The lowest BCUT2D eigenvalue weighted by atomic mass is 10.0. The summed E-state index contributed by atoms with van der Waals surface area (Å²) in [6, 6.07) is 9.51. The highest BCUT2D eigenvalue weighted by atomic mass is 16.3. The predicted octanol–water partition coefficient (Wildman–Crippen LogP) is 1.71. The lowest BCUT2D eigenvalue weighted by Crippen LogP contribution is -2.50. The minimum atomic E-state index is -0.694. The maximum Gasteiger partial charge on any atom is 0.234 e. The molecule has 1 aromatic carbocycles. The van der Waals surface area contributed by atoms with E-state index in [1.54, 1.807) is 5.01 Å². The van der Waals surface area contributed by atoms with Crippen molar-refractivity contribution in [1.29, 1.82) is 0 Å². The van der Waals surface area contributed by atoms with E-state index < -0.39 is 6.10 Å². The zero-order valence-electron chi connectivity index (χ0n) is 14.5. The first kappa shape index (κ1) is 19.6. The number of benzene rings is 1. The van der Waals surface area contributed by atoms with Gasteiger partial charge in [0.1, 0.15) is 0 Å². The fourth-order valence-corrected chi connectivity index (χ4v) is 2.29. The van der Waals surface area contributed by atoms with Gasteiger partial charge in [-0.25, -0.2) is 5.01 Å². The van der Waals surface area contributed by atoms with Crippen LogP contribution in [0, 0.1) is 5.92 Å². The number of hydrogen-bond acceptors (Lipinski definition) is 4. The van der Waals surface area contributed by atoms with Crippen LogP contribution in [0.15, 0.2) is 30.3 Å². The van der Waals surface area contributed by atoms with Gasteiger partial charge in [0.15, 0.2) is 0 Å². The van der Waals surface area contributed by atoms with Gasteiger partial charge in [0.25, 0.3) is 0 Å². The largest absolute Gasteiger partial charge is 0.390 e. The Morgan fingerprint density at radius 3 is 2.52 bits per heavy atom. The predicted molar refractivity (Wildman–Crippen MR) is 93.6 cm³/mol. The second kappa shape index (κ2) is 10.4. The van der Waals surface area contributed by atoms with Crippen LogP contribution >= 0.6 is 0 Å². The van der Waals surface area contributed by atoms with Crippen molar-refractivity contribution in [3.8, 4) is 0 Å². The molecule has 0 aliphatic carbocycles. The van der Waals surface area contributed by atoms with Crippen molar-refractivity contribution in [2.24, 2.45) is 11.7 Å². The van der Waals surface area contributed by atoms with E-state index in [2.05, 4.69) is 19.3 Å². The Bertz CT molecular complexity index is 451. The number of amides is 1. The minimum absolute atomic E-state index is 0.00983. The summed E-state index contributed by atoms with van der Waals surface area (Å²) in [5.74, 6) is 0.491. The molecule has 0 aliphatic heterocycles. The number of carbonyl (C=O) groups excluding carboxylic acids is 1. The third-order valence-electron chi connectivity index (χ3n) is 3.83. The number of hydrogen-bond donors (Lipinski definition) is 3. The lowest BCUT2D eigenvalue weighted by molar-refractivity contribution is -0.126. The number of hydrazine groups is 1. The van der Waals surface area contributed by atoms with E-state index >= 15 is 0 Å². The molecule has 130 valence electrons. The average molecular weight is 321 g/mol. The van der Waals surface area contributed by atoms with Crippen LogP contribution in [0.3, 0.4) is 0 Å². The summed E-state index contributed by atoms with van der Waals surface area (Å²) in [6.07, 6.45) is 1.28. The van der Waals surface area contributed by atoms with E-state index in [-0.39, 0.29) is 11.9 Å². The van der Waals surface area contributed by atoms with E-state index in [1.807, 2.05) is 37.3 Å². The molecule has 0 aliphatic rings. The average Bonchev–Trinajstić information content (AvgIpc) is 2.53. The summed E-state index contributed by atoms with van der Waals surface area (Å²) in [5, 5.41) is 12.0. The number of aliphatic hydroxyl groups is 1. The van der Waals surface area contributed by atoms with Crippen molar-refractivity contribution < 1.29 is 9.90 Å². The van der Waals surface area contributed by atoms with Gasteiger partial charge >= 0.3 is 0 Å². The van der Waals surface area contributed by atoms with Crippen LogP contribution in [0.1, 0.15) is 39.2 Å². The quantitative estimate of drug-likeness (QED) is 0.573. The first-order valence-electron chi connectivity index (χ1n) is 8.44. The molecule has 1 aromatic rings. The normalized spacial score (nSPS) is 14.0. The smallest absolute Gasteiger partial charge is 0.234 e. The summed E-state index contributed by atoms with van der Waals surface area (Å²) in [6.45, 7) is 7.09. The Hall–Kier alpha value is -1.43. The van der Waals surface area contributed by atoms with Crippen LogP contribution in [0.25, 0.3) is 0 Å². The van der Waals surface area contributed by atoms with Gasteiger partial charge < -0.3 is 10.8 Å². The molecular formula is C18H31N3O2. The van der Waals surface area contributed by atoms with E-state index in [1.165, 1.54) is 0 Å². The van der Waals surface area contributed by atoms with Gasteiger partial charge in [0.2, 0.25) is 5.91 Å². The molecule has 0 heterocycles. The number of nitrogens with two attached hydrogens (primary N) is 1. The molecule has 2 unspecified atom stereocenters. The van der Waals surface area contributed by atoms with Crippen molar-refractivity contribution in [1.82, 2.24) is 10.4 Å². The summed E-state index contributed by atoms with van der Waals surface area (Å²) < 4.78 is 0. The highest BCUT2D eigenvalue weighted by Gasteiger charge is 2.19.